The maximum atomic E-state index is 11.5. The summed E-state index contributed by atoms with van der Waals surface area (Å²) < 4.78 is 11.2. The van der Waals surface area contributed by atoms with Gasteiger partial charge in [0, 0.05) is 6.08 Å². The highest BCUT2D eigenvalue weighted by Crippen LogP contribution is 2.25. The molecule has 0 heterocycles. The maximum Gasteiger partial charge on any atom is 0.330 e. The van der Waals surface area contributed by atoms with Crippen LogP contribution in [0, 0.1) is 0 Å². The zero-order valence-electron chi connectivity index (χ0n) is 13.0. The average molecular weight is 284 g/mol. The van der Waals surface area contributed by atoms with Gasteiger partial charge in [-0.05, 0) is 37.6 Å². The van der Waals surface area contributed by atoms with Crippen LogP contribution in [0.3, 0.4) is 0 Å². The molecule has 0 aliphatic heterocycles. The molecule has 0 aliphatic carbocycles. The molecule has 0 bridgehead atoms. The van der Waals surface area contributed by atoms with Gasteiger partial charge in [0.2, 0.25) is 0 Å². The van der Waals surface area contributed by atoms with E-state index in [0.29, 0.717) is 6.61 Å². The molecular weight excluding hydrogens is 256 g/mol. The predicted molar refractivity (Wildman–Crippen MR) is 82.7 cm³/mol. The van der Waals surface area contributed by atoms with Crippen LogP contribution in [0.1, 0.15) is 34.6 Å². The molecule has 0 saturated carbocycles. The van der Waals surface area contributed by atoms with Crippen LogP contribution in [0.25, 0.3) is 0 Å². The summed E-state index contributed by atoms with van der Waals surface area (Å²) in [4.78, 5) is 11.5. The fraction of sp³-hybridized carbons (Fsp3) is 0.667. The summed E-state index contributed by atoms with van der Waals surface area (Å²) in [5.41, 5.74) is 0.862. The fourth-order valence-corrected chi connectivity index (χ4v) is 4.87. The van der Waals surface area contributed by atoms with E-state index in [9.17, 15) is 4.79 Å². The van der Waals surface area contributed by atoms with Crippen molar-refractivity contribution in [3.8, 4) is 0 Å². The quantitative estimate of drug-likeness (QED) is 0.277. The lowest BCUT2D eigenvalue weighted by atomic mass is 10.1. The molecule has 0 saturated heterocycles. The Morgan fingerprint density at radius 1 is 1.21 bits per heavy atom. The van der Waals surface area contributed by atoms with E-state index in [1.54, 1.807) is 13.0 Å². The number of carbonyl (C=O) groups excluding carboxylic acids is 1. The van der Waals surface area contributed by atoms with Crippen LogP contribution >= 0.6 is 0 Å². The van der Waals surface area contributed by atoms with Gasteiger partial charge < -0.3 is 9.16 Å². The molecule has 0 radical (unpaired) electrons. The lowest BCUT2D eigenvalue weighted by molar-refractivity contribution is -0.137. The molecule has 0 spiro atoms. The number of ether oxygens (including phenoxy) is 1. The Morgan fingerprint density at radius 2 is 1.74 bits per heavy atom. The standard InChI is InChI=1S/C15H28O3Si/c1-7-14(13(6)12-15(16)17-8-2)18-19(9-3,10-4)11-5/h7,12,14H,1,8-11H2,2-6H3/b13-12+. The van der Waals surface area contributed by atoms with Crippen LogP contribution < -0.4 is 0 Å². The van der Waals surface area contributed by atoms with Crippen LogP contribution in [0.4, 0.5) is 0 Å². The van der Waals surface area contributed by atoms with Crippen molar-refractivity contribution in [2.45, 2.75) is 58.9 Å². The van der Waals surface area contributed by atoms with E-state index in [1.807, 2.05) is 6.92 Å². The minimum atomic E-state index is -1.70. The molecular formula is C15H28O3Si. The average Bonchev–Trinajstić information content (AvgIpc) is 2.41. The van der Waals surface area contributed by atoms with Crippen LogP contribution in [-0.2, 0) is 14.0 Å². The van der Waals surface area contributed by atoms with Crippen LogP contribution in [0.5, 0.6) is 0 Å². The first-order valence-electron chi connectivity index (χ1n) is 7.13. The molecule has 0 amide bonds. The third-order valence-electron chi connectivity index (χ3n) is 3.60. The van der Waals surface area contributed by atoms with Gasteiger partial charge in [-0.2, -0.15) is 0 Å². The molecule has 110 valence electrons. The van der Waals surface area contributed by atoms with E-state index < -0.39 is 8.32 Å². The van der Waals surface area contributed by atoms with Crippen molar-refractivity contribution in [3.05, 3.63) is 24.3 Å². The van der Waals surface area contributed by atoms with Crippen LogP contribution in [-0.4, -0.2) is 27.0 Å². The van der Waals surface area contributed by atoms with Crippen molar-refractivity contribution >= 4 is 14.3 Å². The fourth-order valence-electron chi connectivity index (χ4n) is 2.05. The van der Waals surface area contributed by atoms with Gasteiger partial charge in [0.1, 0.15) is 0 Å². The summed E-state index contributed by atoms with van der Waals surface area (Å²) in [6, 6.07) is 3.24. The third-order valence-corrected chi connectivity index (χ3v) is 8.22. The summed E-state index contributed by atoms with van der Waals surface area (Å²) >= 11 is 0. The largest absolute Gasteiger partial charge is 0.463 e. The van der Waals surface area contributed by atoms with Gasteiger partial charge in [0.05, 0.1) is 12.7 Å². The van der Waals surface area contributed by atoms with Gasteiger partial charge in [0.15, 0.2) is 8.32 Å². The number of hydrogen-bond acceptors (Lipinski definition) is 3. The first-order chi connectivity index (χ1) is 8.98. The second kappa shape index (κ2) is 9.10. The SMILES string of the molecule is C=CC(O[Si](CC)(CC)CC)/C(C)=C/C(=O)OCC. The molecule has 0 aromatic heterocycles. The van der Waals surface area contributed by atoms with E-state index in [4.69, 9.17) is 9.16 Å². The molecule has 3 nitrogen and oxygen atoms in total. The Morgan fingerprint density at radius 3 is 2.11 bits per heavy atom. The zero-order chi connectivity index (χ0) is 14.9. The Bertz CT molecular complexity index is 311. The Balaban J connectivity index is 4.91. The zero-order valence-corrected chi connectivity index (χ0v) is 14.0. The molecule has 0 fully saturated rings. The normalized spacial score (nSPS) is 14.1. The summed E-state index contributed by atoms with van der Waals surface area (Å²) in [5, 5.41) is 0. The van der Waals surface area contributed by atoms with Crippen molar-refractivity contribution < 1.29 is 14.0 Å². The first kappa shape index (κ1) is 18.1. The monoisotopic (exact) mass is 284 g/mol. The van der Waals surface area contributed by atoms with Crippen molar-refractivity contribution in [2.24, 2.45) is 0 Å². The minimum absolute atomic E-state index is 0.184. The molecule has 0 N–H and O–H groups in total. The van der Waals surface area contributed by atoms with Gasteiger partial charge in [-0.1, -0.05) is 26.8 Å². The summed E-state index contributed by atoms with van der Waals surface area (Å²) in [7, 11) is -1.70. The number of carbonyl (C=O) groups is 1. The topological polar surface area (TPSA) is 35.5 Å². The van der Waals surface area contributed by atoms with E-state index in [-0.39, 0.29) is 12.1 Å². The van der Waals surface area contributed by atoms with E-state index in [0.717, 1.165) is 23.7 Å². The predicted octanol–water partition coefficient (Wildman–Crippen LogP) is 4.07. The lowest BCUT2D eigenvalue weighted by Crippen LogP contribution is -2.39. The molecule has 0 aromatic rings. The maximum absolute atomic E-state index is 11.5. The van der Waals surface area contributed by atoms with Crippen molar-refractivity contribution in [1.82, 2.24) is 0 Å². The van der Waals surface area contributed by atoms with E-state index >= 15 is 0 Å². The Labute approximate surface area is 118 Å². The number of esters is 1. The van der Waals surface area contributed by atoms with E-state index in [2.05, 4.69) is 27.4 Å². The molecule has 4 heteroatoms. The van der Waals surface area contributed by atoms with Crippen LogP contribution in [0.2, 0.25) is 18.1 Å². The van der Waals surface area contributed by atoms with Gasteiger partial charge in [-0.3, -0.25) is 0 Å². The molecule has 0 aromatic carbocycles. The lowest BCUT2D eigenvalue weighted by Gasteiger charge is -2.32. The van der Waals surface area contributed by atoms with Gasteiger partial charge in [-0.25, -0.2) is 4.79 Å². The minimum Gasteiger partial charge on any atom is -0.463 e. The van der Waals surface area contributed by atoms with Crippen molar-refractivity contribution in [1.29, 1.82) is 0 Å². The molecule has 19 heavy (non-hydrogen) atoms. The van der Waals surface area contributed by atoms with Crippen molar-refractivity contribution in [2.75, 3.05) is 6.61 Å². The smallest absolute Gasteiger partial charge is 0.330 e. The summed E-state index contributed by atoms with van der Waals surface area (Å²) in [6.07, 6.45) is 3.10. The van der Waals surface area contributed by atoms with Gasteiger partial charge in [-0.15, -0.1) is 6.58 Å². The van der Waals surface area contributed by atoms with Gasteiger partial charge in [0.25, 0.3) is 0 Å². The molecule has 0 rings (SSSR count). The highest BCUT2D eigenvalue weighted by molar-refractivity contribution is 6.73. The van der Waals surface area contributed by atoms with Crippen molar-refractivity contribution in [3.63, 3.8) is 0 Å². The van der Waals surface area contributed by atoms with Gasteiger partial charge >= 0.3 is 5.97 Å². The number of hydrogen-bond donors (Lipinski definition) is 0. The molecule has 0 aliphatic rings. The highest BCUT2D eigenvalue weighted by atomic mass is 28.4. The molecule has 1 atom stereocenters. The third kappa shape index (κ3) is 5.74. The summed E-state index contributed by atoms with van der Waals surface area (Å²) in [6.45, 7) is 14.5. The second-order valence-corrected chi connectivity index (χ2v) is 9.38. The Kier molecular flexibility index (Phi) is 8.68. The molecule has 1 unspecified atom stereocenters. The highest BCUT2D eigenvalue weighted by Gasteiger charge is 2.31. The van der Waals surface area contributed by atoms with Crippen LogP contribution in [0.15, 0.2) is 24.3 Å². The second-order valence-electron chi connectivity index (χ2n) is 4.66. The van der Waals surface area contributed by atoms with E-state index in [1.165, 1.54) is 6.08 Å². The number of rotatable bonds is 9. The summed E-state index contributed by atoms with van der Waals surface area (Å²) in [5.74, 6) is -0.313. The first-order valence-corrected chi connectivity index (χ1v) is 9.66. The Hall–Kier alpha value is -0.873.